The summed E-state index contributed by atoms with van der Waals surface area (Å²) in [5.74, 6) is 0. The molecule has 0 aromatic heterocycles. The first kappa shape index (κ1) is 11.0. The van der Waals surface area contributed by atoms with Crippen molar-refractivity contribution in [2.75, 3.05) is 0 Å². The zero-order chi connectivity index (χ0) is 10.2. The van der Waals surface area contributed by atoms with Gasteiger partial charge in [0.1, 0.15) is 18.3 Å². The topological polar surface area (TPSA) is 107 Å². The van der Waals surface area contributed by atoms with Crippen LogP contribution in [0.1, 0.15) is 6.92 Å². The molecule has 0 radical (unpaired) electrons. The Kier molecular flexibility index (Phi) is 3.38. The minimum Gasteiger partial charge on any atom is -0.388 e. The quantitative estimate of drug-likeness (QED) is 0.376. The molecule has 4 N–H and O–H groups in total. The SMILES string of the molecule is C[C@@H]1OC(S(=O)O)[C@@H](O)[C@H](O)[C@@H]1O. The highest BCUT2D eigenvalue weighted by atomic mass is 32.2. The minimum atomic E-state index is -2.38. The van der Waals surface area contributed by atoms with Gasteiger partial charge in [-0.3, -0.25) is 0 Å². The molecule has 6 atom stereocenters. The van der Waals surface area contributed by atoms with Gasteiger partial charge in [0.25, 0.3) is 0 Å². The van der Waals surface area contributed by atoms with Crippen LogP contribution in [-0.4, -0.2) is 53.9 Å². The van der Waals surface area contributed by atoms with Gasteiger partial charge in [-0.2, -0.15) is 0 Å². The standard InChI is InChI=1S/C6H12O6S/c1-2-3(7)4(8)5(9)6(12-2)13(10)11/h2-9H,1H3,(H,10,11)/t2-,3+,4+,5-,6?/m0/s1. The molecule has 13 heavy (non-hydrogen) atoms. The van der Waals surface area contributed by atoms with Gasteiger partial charge in [-0.05, 0) is 6.92 Å². The molecule has 1 rings (SSSR count). The maximum Gasteiger partial charge on any atom is 0.186 e. The Labute approximate surface area is 77.4 Å². The fourth-order valence-corrected chi connectivity index (χ4v) is 1.85. The summed E-state index contributed by atoms with van der Waals surface area (Å²) >= 11 is -2.38. The highest BCUT2D eigenvalue weighted by Gasteiger charge is 2.44. The van der Waals surface area contributed by atoms with E-state index in [0.717, 1.165) is 0 Å². The Morgan fingerprint density at radius 3 is 2.15 bits per heavy atom. The Morgan fingerprint density at radius 1 is 1.15 bits per heavy atom. The lowest BCUT2D eigenvalue weighted by molar-refractivity contribution is -0.194. The largest absolute Gasteiger partial charge is 0.388 e. The predicted octanol–water partition coefficient (Wildman–Crippen LogP) is -1.96. The molecule has 78 valence electrons. The molecular weight excluding hydrogens is 200 g/mol. The fraction of sp³-hybridized carbons (Fsp3) is 1.00. The van der Waals surface area contributed by atoms with E-state index in [1.54, 1.807) is 0 Å². The predicted molar refractivity (Wildman–Crippen MR) is 43.1 cm³/mol. The maximum absolute atomic E-state index is 10.6. The molecule has 1 saturated heterocycles. The molecule has 0 aromatic carbocycles. The highest BCUT2D eigenvalue weighted by Crippen LogP contribution is 2.22. The van der Waals surface area contributed by atoms with Gasteiger partial charge < -0.3 is 24.6 Å². The highest BCUT2D eigenvalue weighted by molar-refractivity contribution is 7.79. The van der Waals surface area contributed by atoms with Crippen LogP contribution in [0.3, 0.4) is 0 Å². The molecular formula is C6H12O6S. The molecule has 0 spiro atoms. The molecule has 6 nitrogen and oxygen atoms in total. The van der Waals surface area contributed by atoms with Gasteiger partial charge in [-0.1, -0.05) is 0 Å². The van der Waals surface area contributed by atoms with E-state index in [0.29, 0.717) is 0 Å². The summed E-state index contributed by atoms with van der Waals surface area (Å²) in [4.78, 5) is 0. The lowest BCUT2D eigenvalue weighted by Gasteiger charge is -2.37. The molecule has 1 heterocycles. The third-order valence-electron chi connectivity index (χ3n) is 2.01. The van der Waals surface area contributed by atoms with Gasteiger partial charge >= 0.3 is 0 Å². The summed E-state index contributed by atoms with van der Waals surface area (Å²) in [5, 5.41) is 27.6. The van der Waals surface area contributed by atoms with E-state index in [-0.39, 0.29) is 0 Å². The molecule has 1 aliphatic rings. The normalized spacial score (nSPS) is 48.8. The number of rotatable bonds is 1. The number of hydrogen-bond acceptors (Lipinski definition) is 5. The number of hydrogen-bond donors (Lipinski definition) is 4. The lowest BCUT2D eigenvalue weighted by Crippen LogP contribution is -2.57. The maximum atomic E-state index is 10.6. The molecule has 0 amide bonds. The molecule has 1 aliphatic heterocycles. The third kappa shape index (κ3) is 2.06. The van der Waals surface area contributed by atoms with Crippen molar-refractivity contribution in [2.45, 2.75) is 36.8 Å². The Hall–Kier alpha value is -0.0500. The van der Waals surface area contributed by atoms with Crippen LogP contribution in [0.25, 0.3) is 0 Å². The van der Waals surface area contributed by atoms with E-state index < -0.39 is 40.9 Å². The van der Waals surface area contributed by atoms with Crippen LogP contribution in [0.2, 0.25) is 0 Å². The summed E-state index contributed by atoms with van der Waals surface area (Å²) in [6, 6.07) is 0. The van der Waals surface area contributed by atoms with E-state index >= 15 is 0 Å². The molecule has 2 unspecified atom stereocenters. The Bertz CT molecular complexity index is 209. The van der Waals surface area contributed by atoms with Crippen LogP contribution in [0.4, 0.5) is 0 Å². The van der Waals surface area contributed by atoms with E-state index in [1.807, 2.05) is 0 Å². The summed E-state index contributed by atoms with van der Waals surface area (Å²) in [7, 11) is 0. The minimum absolute atomic E-state index is 0.778. The first-order valence-electron chi connectivity index (χ1n) is 3.74. The third-order valence-corrected chi connectivity index (χ3v) is 2.79. The molecule has 0 aromatic rings. The van der Waals surface area contributed by atoms with Gasteiger partial charge in [0.05, 0.1) is 6.10 Å². The van der Waals surface area contributed by atoms with Gasteiger partial charge in [0.2, 0.25) is 0 Å². The van der Waals surface area contributed by atoms with E-state index in [2.05, 4.69) is 0 Å². The van der Waals surface area contributed by atoms with Crippen molar-refractivity contribution in [1.82, 2.24) is 0 Å². The zero-order valence-electron chi connectivity index (χ0n) is 6.90. The van der Waals surface area contributed by atoms with Crippen LogP contribution in [0.5, 0.6) is 0 Å². The lowest BCUT2D eigenvalue weighted by atomic mass is 10.0. The first-order valence-corrected chi connectivity index (χ1v) is 4.91. The molecule has 1 fully saturated rings. The van der Waals surface area contributed by atoms with Crippen LogP contribution < -0.4 is 0 Å². The summed E-state index contributed by atoms with van der Waals surface area (Å²) in [6.07, 6.45) is -5.02. The number of aliphatic hydroxyl groups excluding tert-OH is 3. The fourth-order valence-electron chi connectivity index (χ4n) is 1.18. The Balaban J connectivity index is 2.76. The zero-order valence-corrected chi connectivity index (χ0v) is 7.72. The molecule has 0 bridgehead atoms. The van der Waals surface area contributed by atoms with E-state index in [4.69, 9.17) is 9.29 Å². The van der Waals surface area contributed by atoms with E-state index in [9.17, 15) is 19.5 Å². The summed E-state index contributed by atoms with van der Waals surface area (Å²) in [6.45, 7) is 1.44. The smallest absolute Gasteiger partial charge is 0.186 e. The van der Waals surface area contributed by atoms with Crippen molar-refractivity contribution in [3.8, 4) is 0 Å². The number of ether oxygens (including phenoxy) is 1. The van der Waals surface area contributed by atoms with Crippen LogP contribution in [-0.2, 0) is 15.8 Å². The van der Waals surface area contributed by atoms with E-state index in [1.165, 1.54) is 6.92 Å². The second kappa shape index (κ2) is 3.99. The second-order valence-corrected chi connectivity index (χ2v) is 3.97. The molecule has 0 saturated carbocycles. The van der Waals surface area contributed by atoms with Crippen molar-refractivity contribution in [1.29, 1.82) is 0 Å². The van der Waals surface area contributed by atoms with Crippen molar-refractivity contribution >= 4 is 11.1 Å². The Morgan fingerprint density at radius 2 is 1.69 bits per heavy atom. The van der Waals surface area contributed by atoms with Crippen molar-refractivity contribution < 1.29 is 28.8 Å². The first-order chi connectivity index (χ1) is 5.95. The van der Waals surface area contributed by atoms with Gasteiger partial charge in [0, 0.05) is 0 Å². The average molecular weight is 212 g/mol. The summed E-state index contributed by atoms with van der Waals surface area (Å²) in [5.41, 5.74) is -1.37. The average Bonchev–Trinajstić information content (AvgIpc) is 2.07. The summed E-state index contributed by atoms with van der Waals surface area (Å²) < 4.78 is 24.1. The van der Waals surface area contributed by atoms with Gasteiger partial charge in [0.15, 0.2) is 16.5 Å². The van der Waals surface area contributed by atoms with Crippen molar-refractivity contribution in [3.63, 3.8) is 0 Å². The number of aliphatic hydroxyl groups is 3. The van der Waals surface area contributed by atoms with Gasteiger partial charge in [-0.15, -0.1) is 0 Å². The van der Waals surface area contributed by atoms with Crippen LogP contribution in [0.15, 0.2) is 0 Å². The molecule has 0 aliphatic carbocycles. The van der Waals surface area contributed by atoms with Gasteiger partial charge in [-0.25, -0.2) is 4.21 Å². The second-order valence-electron chi connectivity index (χ2n) is 2.96. The van der Waals surface area contributed by atoms with Crippen molar-refractivity contribution in [2.24, 2.45) is 0 Å². The molecule has 7 heteroatoms. The van der Waals surface area contributed by atoms with Crippen LogP contribution >= 0.6 is 0 Å². The monoisotopic (exact) mass is 212 g/mol. The van der Waals surface area contributed by atoms with Crippen LogP contribution in [0, 0.1) is 0 Å². The van der Waals surface area contributed by atoms with Crippen molar-refractivity contribution in [3.05, 3.63) is 0 Å².